The lowest BCUT2D eigenvalue weighted by Gasteiger charge is -2.09. The lowest BCUT2D eigenvalue weighted by molar-refractivity contribution is 0.0698. The van der Waals surface area contributed by atoms with E-state index in [1.807, 2.05) is 20.2 Å². The van der Waals surface area contributed by atoms with E-state index in [1.165, 1.54) is 12.3 Å². The molecular weight excluding hydrogens is 246 g/mol. The Balaban J connectivity index is 2.20. The minimum Gasteiger partial charge on any atom is -0.478 e. The van der Waals surface area contributed by atoms with Crippen molar-refractivity contribution in [3.05, 3.63) is 35.3 Å². The molecule has 0 fully saturated rings. The fourth-order valence-electron chi connectivity index (χ4n) is 1.80. The topological polar surface area (TPSA) is 106 Å². The third kappa shape index (κ3) is 2.82. The first-order valence-corrected chi connectivity index (χ1v) is 5.69. The van der Waals surface area contributed by atoms with Crippen LogP contribution in [-0.4, -0.2) is 25.8 Å². The van der Waals surface area contributed by atoms with E-state index < -0.39 is 5.97 Å². The number of anilines is 2. The molecule has 0 radical (unpaired) electrons. The molecule has 0 saturated carbocycles. The molecule has 0 unspecified atom stereocenters. The van der Waals surface area contributed by atoms with Crippen LogP contribution in [0.4, 0.5) is 11.5 Å². The van der Waals surface area contributed by atoms with Crippen molar-refractivity contribution in [2.75, 3.05) is 11.1 Å². The molecule has 4 N–H and O–H groups in total. The average molecular weight is 261 g/mol. The van der Waals surface area contributed by atoms with Gasteiger partial charge < -0.3 is 16.2 Å². The molecular formula is C12H15N5O2. The van der Waals surface area contributed by atoms with E-state index in [9.17, 15) is 4.79 Å². The summed E-state index contributed by atoms with van der Waals surface area (Å²) in [5.41, 5.74) is 7.92. The maximum atomic E-state index is 11.1. The molecule has 0 aliphatic carbocycles. The number of carboxylic acids is 1. The number of nitrogens with two attached hydrogens (primary N) is 1. The van der Waals surface area contributed by atoms with Crippen LogP contribution < -0.4 is 11.1 Å². The van der Waals surface area contributed by atoms with Crippen LogP contribution in [0.15, 0.2) is 18.5 Å². The van der Waals surface area contributed by atoms with Gasteiger partial charge in [0.1, 0.15) is 5.82 Å². The first-order chi connectivity index (χ1) is 8.97. The third-order valence-electron chi connectivity index (χ3n) is 2.74. The second kappa shape index (κ2) is 4.97. The molecule has 0 bridgehead atoms. The SMILES string of the molecule is Cc1nn(C)cc1CNc1cnc(N)cc1C(=O)O. The van der Waals surface area contributed by atoms with E-state index >= 15 is 0 Å². The molecule has 0 spiro atoms. The molecule has 2 aromatic rings. The van der Waals surface area contributed by atoms with Gasteiger partial charge in [0.15, 0.2) is 0 Å². The molecule has 7 nitrogen and oxygen atoms in total. The summed E-state index contributed by atoms with van der Waals surface area (Å²) in [6, 6.07) is 1.33. The van der Waals surface area contributed by atoms with Gasteiger partial charge in [0.25, 0.3) is 0 Å². The standard InChI is InChI=1S/C12H15N5O2/c1-7-8(6-17(2)16-7)4-14-10-5-15-11(13)3-9(10)12(18)19/h3,5-6,14H,4H2,1-2H3,(H2,13,15)(H,18,19). The zero-order chi connectivity index (χ0) is 14.0. The summed E-state index contributed by atoms with van der Waals surface area (Å²) in [6.45, 7) is 2.38. The van der Waals surface area contributed by atoms with E-state index in [0.717, 1.165) is 11.3 Å². The monoisotopic (exact) mass is 261 g/mol. The Morgan fingerprint density at radius 3 is 2.89 bits per heavy atom. The van der Waals surface area contributed by atoms with Gasteiger partial charge >= 0.3 is 5.97 Å². The lowest BCUT2D eigenvalue weighted by atomic mass is 10.2. The lowest BCUT2D eigenvalue weighted by Crippen LogP contribution is -2.08. The number of hydrogen-bond donors (Lipinski definition) is 3. The molecule has 0 amide bonds. The normalized spacial score (nSPS) is 10.4. The Hall–Kier alpha value is -2.57. The molecule has 100 valence electrons. The van der Waals surface area contributed by atoms with Gasteiger partial charge in [0, 0.05) is 25.4 Å². The second-order valence-electron chi connectivity index (χ2n) is 4.23. The van der Waals surface area contributed by atoms with Crippen LogP contribution in [0.25, 0.3) is 0 Å². The molecule has 0 atom stereocenters. The van der Waals surface area contributed by atoms with Crippen molar-refractivity contribution < 1.29 is 9.90 Å². The van der Waals surface area contributed by atoms with Gasteiger partial charge in [-0.05, 0) is 13.0 Å². The van der Waals surface area contributed by atoms with Crippen LogP contribution in [0.3, 0.4) is 0 Å². The summed E-state index contributed by atoms with van der Waals surface area (Å²) < 4.78 is 1.71. The van der Waals surface area contributed by atoms with Crippen molar-refractivity contribution in [2.24, 2.45) is 7.05 Å². The highest BCUT2D eigenvalue weighted by Crippen LogP contribution is 2.18. The predicted octanol–water partition coefficient (Wildman–Crippen LogP) is 1.02. The van der Waals surface area contributed by atoms with Crippen molar-refractivity contribution in [1.82, 2.24) is 14.8 Å². The van der Waals surface area contributed by atoms with E-state index in [4.69, 9.17) is 10.8 Å². The number of nitrogens with one attached hydrogen (secondary N) is 1. The summed E-state index contributed by atoms with van der Waals surface area (Å²) in [6.07, 6.45) is 3.30. The fraction of sp³-hybridized carbons (Fsp3) is 0.250. The summed E-state index contributed by atoms with van der Waals surface area (Å²) in [5, 5.41) is 16.4. The molecule has 0 aliphatic heterocycles. The van der Waals surface area contributed by atoms with Gasteiger partial charge in [-0.2, -0.15) is 5.10 Å². The number of carbonyl (C=O) groups is 1. The Morgan fingerprint density at radius 1 is 1.58 bits per heavy atom. The molecule has 2 aromatic heterocycles. The van der Waals surface area contributed by atoms with E-state index in [1.54, 1.807) is 4.68 Å². The highest BCUT2D eigenvalue weighted by Gasteiger charge is 2.12. The highest BCUT2D eigenvalue weighted by atomic mass is 16.4. The van der Waals surface area contributed by atoms with Gasteiger partial charge in [0.05, 0.1) is 23.1 Å². The molecule has 0 aliphatic rings. The minimum atomic E-state index is -1.04. The van der Waals surface area contributed by atoms with Crippen LogP contribution in [0.5, 0.6) is 0 Å². The Labute approximate surface area is 110 Å². The molecule has 7 heteroatoms. The van der Waals surface area contributed by atoms with Gasteiger partial charge in [-0.1, -0.05) is 0 Å². The average Bonchev–Trinajstić information content (AvgIpc) is 2.66. The summed E-state index contributed by atoms with van der Waals surface area (Å²) in [4.78, 5) is 15.0. The zero-order valence-electron chi connectivity index (χ0n) is 10.7. The molecule has 0 saturated heterocycles. The Kier molecular flexibility index (Phi) is 3.37. The maximum Gasteiger partial charge on any atom is 0.337 e. The predicted molar refractivity (Wildman–Crippen MR) is 70.9 cm³/mol. The van der Waals surface area contributed by atoms with E-state index in [0.29, 0.717) is 12.2 Å². The van der Waals surface area contributed by atoms with Crippen molar-refractivity contribution in [3.8, 4) is 0 Å². The van der Waals surface area contributed by atoms with Crippen molar-refractivity contribution in [2.45, 2.75) is 13.5 Å². The number of aromatic carboxylic acids is 1. The number of carboxylic acid groups (broad SMARTS) is 1. The molecule has 2 rings (SSSR count). The number of aryl methyl sites for hydroxylation is 2. The van der Waals surface area contributed by atoms with Crippen molar-refractivity contribution in [1.29, 1.82) is 0 Å². The Morgan fingerprint density at radius 2 is 2.32 bits per heavy atom. The molecule has 2 heterocycles. The number of rotatable bonds is 4. The number of nitrogens with zero attached hydrogens (tertiary/aromatic N) is 3. The highest BCUT2D eigenvalue weighted by molar-refractivity contribution is 5.94. The molecule has 0 aromatic carbocycles. The third-order valence-corrected chi connectivity index (χ3v) is 2.74. The van der Waals surface area contributed by atoms with Crippen molar-refractivity contribution in [3.63, 3.8) is 0 Å². The number of aromatic nitrogens is 3. The quantitative estimate of drug-likeness (QED) is 0.758. The summed E-state index contributed by atoms with van der Waals surface area (Å²) in [5.74, 6) is -0.861. The zero-order valence-corrected chi connectivity index (χ0v) is 10.7. The van der Waals surface area contributed by atoms with Crippen molar-refractivity contribution >= 4 is 17.5 Å². The van der Waals surface area contributed by atoms with Gasteiger partial charge in [-0.3, -0.25) is 4.68 Å². The maximum absolute atomic E-state index is 11.1. The van der Waals surface area contributed by atoms with Crippen LogP contribution in [-0.2, 0) is 13.6 Å². The summed E-state index contributed by atoms with van der Waals surface area (Å²) >= 11 is 0. The number of hydrogen-bond acceptors (Lipinski definition) is 5. The van der Waals surface area contributed by atoms with Crippen LogP contribution in [0.1, 0.15) is 21.6 Å². The summed E-state index contributed by atoms with van der Waals surface area (Å²) in [7, 11) is 1.84. The first kappa shape index (κ1) is 12.9. The molecule has 19 heavy (non-hydrogen) atoms. The van der Waals surface area contributed by atoms with Gasteiger partial charge in [0.2, 0.25) is 0 Å². The first-order valence-electron chi connectivity index (χ1n) is 5.69. The fourth-order valence-corrected chi connectivity index (χ4v) is 1.80. The van der Waals surface area contributed by atoms with E-state index in [-0.39, 0.29) is 11.4 Å². The van der Waals surface area contributed by atoms with Crippen LogP contribution in [0.2, 0.25) is 0 Å². The smallest absolute Gasteiger partial charge is 0.337 e. The largest absolute Gasteiger partial charge is 0.478 e. The van der Waals surface area contributed by atoms with Gasteiger partial charge in [-0.15, -0.1) is 0 Å². The van der Waals surface area contributed by atoms with E-state index in [2.05, 4.69) is 15.4 Å². The second-order valence-corrected chi connectivity index (χ2v) is 4.23. The van der Waals surface area contributed by atoms with Crippen LogP contribution >= 0.6 is 0 Å². The van der Waals surface area contributed by atoms with Gasteiger partial charge in [-0.25, -0.2) is 9.78 Å². The number of pyridine rings is 1. The van der Waals surface area contributed by atoms with Crippen LogP contribution in [0, 0.1) is 6.92 Å². The number of nitrogen functional groups attached to an aromatic ring is 1. The minimum absolute atomic E-state index is 0.106. The Bertz CT molecular complexity index is 621.